The zero-order chi connectivity index (χ0) is 19.2. The Hall–Kier alpha value is -1.73. The van der Waals surface area contributed by atoms with Gasteiger partial charge >= 0.3 is 0 Å². The fraction of sp³-hybridized carbons (Fsp3) is 0.400. The van der Waals surface area contributed by atoms with Crippen molar-refractivity contribution >= 4 is 10.0 Å². The Bertz CT molecular complexity index is 779. The lowest BCUT2D eigenvalue weighted by atomic mass is 9.98. The van der Waals surface area contributed by atoms with Gasteiger partial charge in [-0.2, -0.15) is 4.31 Å². The maximum atomic E-state index is 13.3. The number of hydrogen-bond acceptors (Lipinski definition) is 4. The van der Waals surface area contributed by atoms with Crippen molar-refractivity contribution in [2.45, 2.75) is 37.3 Å². The second-order valence-corrected chi connectivity index (χ2v) is 8.79. The first-order valence-electron chi connectivity index (χ1n) is 8.84. The Morgan fingerprint density at radius 1 is 1.04 bits per heavy atom. The van der Waals surface area contributed by atoms with Crippen molar-refractivity contribution in [1.29, 1.82) is 0 Å². The highest BCUT2D eigenvalue weighted by atomic mass is 32.2. The number of sulfonamides is 1. The molecule has 0 radical (unpaired) electrons. The minimum absolute atomic E-state index is 0.0496. The van der Waals surface area contributed by atoms with Crippen LogP contribution in [0.25, 0.3) is 0 Å². The standard InChI is InChI=1S/C20H28N2O3S/c1-17(2)16-22(26(24,25)19-11-7-4-8-12-19)20(23,13-14-21)15-18-9-5-3-6-10-18/h3-12,17,23H,13-16,21H2,1-2H3. The normalized spacial score (nSPS) is 14.5. The molecule has 5 nitrogen and oxygen atoms in total. The molecule has 142 valence electrons. The second kappa shape index (κ2) is 8.77. The van der Waals surface area contributed by atoms with Crippen molar-refractivity contribution in [2.24, 2.45) is 11.7 Å². The van der Waals surface area contributed by atoms with Gasteiger partial charge in [0.25, 0.3) is 0 Å². The predicted octanol–water partition coefficient (Wildman–Crippen LogP) is 2.61. The van der Waals surface area contributed by atoms with Crippen molar-refractivity contribution < 1.29 is 13.5 Å². The maximum Gasteiger partial charge on any atom is 0.245 e. The Kier molecular flexibility index (Phi) is 6.94. The van der Waals surface area contributed by atoms with Crippen LogP contribution >= 0.6 is 0 Å². The molecule has 0 aliphatic heterocycles. The number of nitrogens with zero attached hydrogens (tertiary/aromatic N) is 1. The summed E-state index contributed by atoms with van der Waals surface area (Å²) >= 11 is 0. The molecule has 1 atom stereocenters. The van der Waals surface area contributed by atoms with Crippen LogP contribution in [0.15, 0.2) is 65.6 Å². The van der Waals surface area contributed by atoms with Crippen molar-refractivity contribution in [3.8, 4) is 0 Å². The van der Waals surface area contributed by atoms with E-state index in [-0.39, 0.29) is 36.7 Å². The molecule has 2 aromatic rings. The van der Waals surface area contributed by atoms with Crippen molar-refractivity contribution in [3.05, 3.63) is 66.2 Å². The molecule has 6 heteroatoms. The van der Waals surface area contributed by atoms with E-state index in [4.69, 9.17) is 5.73 Å². The topological polar surface area (TPSA) is 83.6 Å². The van der Waals surface area contributed by atoms with Gasteiger partial charge in [0.05, 0.1) is 4.90 Å². The van der Waals surface area contributed by atoms with E-state index in [2.05, 4.69) is 0 Å². The number of aliphatic hydroxyl groups is 1. The van der Waals surface area contributed by atoms with Gasteiger partial charge in [0.15, 0.2) is 0 Å². The zero-order valence-electron chi connectivity index (χ0n) is 15.4. The molecule has 0 aliphatic carbocycles. The second-order valence-electron chi connectivity index (χ2n) is 6.93. The van der Waals surface area contributed by atoms with Crippen LogP contribution in [0.5, 0.6) is 0 Å². The molecule has 3 N–H and O–H groups in total. The largest absolute Gasteiger partial charge is 0.374 e. The Labute approximate surface area is 156 Å². The molecule has 0 bridgehead atoms. The molecule has 2 aromatic carbocycles. The number of nitrogens with two attached hydrogens (primary N) is 1. The summed E-state index contributed by atoms with van der Waals surface area (Å²) in [6.45, 7) is 4.25. The Morgan fingerprint density at radius 3 is 2.08 bits per heavy atom. The third kappa shape index (κ3) is 4.92. The average molecular weight is 377 g/mol. The Balaban J connectivity index is 2.50. The van der Waals surface area contributed by atoms with Crippen LogP contribution < -0.4 is 5.73 Å². The SMILES string of the molecule is CC(C)CN(C(O)(CCN)Cc1ccccc1)S(=O)(=O)c1ccccc1. The lowest BCUT2D eigenvalue weighted by Gasteiger charge is -2.40. The molecule has 0 amide bonds. The molecule has 0 saturated carbocycles. The molecule has 1 unspecified atom stereocenters. The van der Waals surface area contributed by atoms with Crippen LogP contribution in [-0.4, -0.2) is 36.6 Å². The van der Waals surface area contributed by atoms with Gasteiger partial charge in [0.1, 0.15) is 5.72 Å². The minimum atomic E-state index is -3.87. The first kappa shape index (κ1) is 20.6. The molecular formula is C20H28N2O3S. The van der Waals surface area contributed by atoms with E-state index in [1.807, 2.05) is 44.2 Å². The van der Waals surface area contributed by atoms with E-state index in [0.29, 0.717) is 0 Å². The van der Waals surface area contributed by atoms with E-state index < -0.39 is 15.7 Å². The smallest absolute Gasteiger partial charge is 0.245 e. The number of benzene rings is 2. The quantitative estimate of drug-likeness (QED) is 0.659. The van der Waals surface area contributed by atoms with Gasteiger partial charge in [0, 0.05) is 19.4 Å². The van der Waals surface area contributed by atoms with Crippen molar-refractivity contribution in [3.63, 3.8) is 0 Å². The minimum Gasteiger partial charge on any atom is -0.374 e. The van der Waals surface area contributed by atoms with Crippen molar-refractivity contribution in [2.75, 3.05) is 13.1 Å². The fourth-order valence-corrected chi connectivity index (χ4v) is 4.85. The lowest BCUT2D eigenvalue weighted by molar-refractivity contribution is -0.0691. The molecule has 2 rings (SSSR count). The van der Waals surface area contributed by atoms with E-state index in [1.54, 1.807) is 30.3 Å². The van der Waals surface area contributed by atoms with Gasteiger partial charge in [-0.05, 0) is 30.2 Å². The van der Waals surface area contributed by atoms with E-state index in [9.17, 15) is 13.5 Å². The summed E-state index contributed by atoms with van der Waals surface area (Å²) in [6.07, 6.45) is 0.338. The predicted molar refractivity (Wildman–Crippen MR) is 104 cm³/mol. The van der Waals surface area contributed by atoms with Gasteiger partial charge in [0.2, 0.25) is 10.0 Å². The van der Waals surface area contributed by atoms with E-state index in [1.165, 1.54) is 4.31 Å². The molecule has 0 spiro atoms. The van der Waals surface area contributed by atoms with Gasteiger partial charge in [-0.15, -0.1) is 0 Å². The first-order valence-corrected chi connectivity index (χ1v) is 10.3. The van der Waals surface area contributed by atoms with Crippen LogP contribution in [0.4, 0.5) is 0 Å². The summed E-state index contributed by atoms with van der Waals surface area (Å²) in [7, 11) is -3.87. The lowest BCUT2D eigenvalue weighted by Crippen LogP contribution is -2.55. The molecule has 0 aromatic heterocycles. The van der Waals surface area contributed by atoms with Crippen molar-refractivity contribution in [1.82, 2.24) is 4.31 Å². The summed E-state index contributed by atoms with van der Waals surface area (Å²) in [5.41, 5.74) is 5.01. The van der Waals surface area contributed by atoms with E-state index >= 15 is 0 Å². The molecule has 0 fully saturated rings. The third-order valence-corrected chi connectivity index (χ3v) is 6.14. The third-order valence-electron chi connectivity index (χ3n) is 4.20. The van der Waals surface area contributed by atoms with Crippen LogP contribution in [0, 0.1) is 5.92 Å². The van der Waals surface area contributed by atoms with Gasteiger partial charge < -0.3 is 10.8 Å². The summed E-state index contributed by atoms with van der Waals surface area (Å²) in [5.74, 6) is 0.0496. The highest BCUT2D eigenvalue weighted by Crippen LogP contribution is 2.30. The highest BCUT2D eigenvalue weighted by molar-refractivity contribution is 7.89. The van der Waals surface area contributed by atoms with Gasteiger partial charge in [-0.1, -0.05) is 62.4 Å². The maximum absolute atomic E-state index is 13.3. The first-order chi connectivity index (χ1) is 12.3. The number of hydrogen-bond donors (Lipinski definition) is 2. The highest BCUT2D eigenvalue weighted by Gasteiger charge is 2.42. The molecule has 0 heterocycles. The fourth-order valence-electron chi connectivity index (χ4n) is 3.00. The average Bonchev–Trinajstić information content (AvgIpc) is 2.61. The summed E-state index contributed by atoms with van der Waals surface area (Å²) < 4.78 is 27.8. The molecule has 26 heavy (non-hydrogen) atoms. The molecule has 0 saturated heterocycles. The van der Waals surface area contributed by atoms with Crippen LogP contribution in [0.3, 0.4) is 0 Å². The Morgan fingerprint density at radius 2 is 1.58 bits per heavy atom. The molecule has 0 aliphatic rings. The van der Waals surface area contributed by atoms with Crippen LogP contribution in [0.1, 0.15) is 25.8 Å². The zero-order valence-corrected chi connectivity index (χ0v) is 16.2. The van der Waals surface area contributed by atoms with E-state index in [0.717, 1.165) is 5.56 Å². The number of rotatable bonds is 9. The van der Waals surface area contributed by atoms with Crippen LogP contribution in [-0.2, 0) is 16.4 Å². The van der Waals surface area contributed by atoms with Crippen LogP contribution in [0.2, 0.25) is 0 Å². The summed E-state index contributed by atoms with van der Waals surface area (Å²) in [6, 6.07) is 17.6. The summed E-state index contributed by atoms with van der Waals surface area (Å²) in [4.78, 5) is 0.171. The summed E-state index contributed by atoms with van der Waals surface area (Å²) in [5, 5.41) is 11.4. The monoisotopic (exact) mass is 376 g/mol. The van der Waals surface area contributed by atoms with Gasteiger partial charge in [-0.3, -0.25) is 0 Å². The molecular weight excluding hydrogens is 348 g/mol. The van der Waals surface area contributed by atoms with Gasteiger partial charge in [-0.25, -0.2) is 8.42 Å².